The summed E-state index contributed by atoms with van der Waals surface area (Å²) in [5.74, 6) is -0.191. The normalized spacial score (nSPS) is 12.1. The molecule has 0 radical (unpaired) electrons. The van der Waals surface area contributed by atoms with Crippen LogP contribution in [-0.4, -0.2) is 36.8 Å². The topological polar surface area (TPSA) is 23.5 Å². The number of halogens is 1. The SMILES string of the molecule is CN(CCc1ccc(F)cc1)CC(C)(C)CO. The fraction of sp³-hybridized carbons (Fsp3) is 0.571. The van der Waals surface area contributed by atoms with E-state index >= 15 is 0 Å². The number of hydrogen-bond acceptors (Lipinski definition) is 2. The molecule has 0 unspecified atom stereocenters. The second-order valence-electron chi connectivity index (χ2n) is 5.44. The summed E-state index contributed by atoms with van der Waals surface area (Å²) in [6.45, 7) is 6.04. The van der Waals surface area contributed by atoms with E-state index in [1.54, 1.807) is 0 Å². The zero-order chi connectivity index (χ0) is 12.9. The summed E-state index contributed by atoms with van der Waals surface area (Å²) < 4.78 is 12.7. The fourth-order valence-corrected chi connectivity index (χ4v) is 1.83. The number of aliphatic hydroxyl groups is 1. The van der Waals surface area contributed by atoms with E-state index < -0.39 is 0 Å². The maximum atomic E-state index is 12.7. The van der Waals surface area contributed by atoms with Crippen LogP contribution in [0.3, 0.4) is 0 Å². The lowest BCUT2D eigenvalue weighted by Crippen LogP contribution is -2.35. The molecular formula is C14H22FNO. The summed E-state index contributed by atoms with van der Waals surface area (Å²) in [4.78, 5) is 2.19. The van der Waals surface area contributed by atoms with Gasteiger partial charge in [0.05, 0.1) is 0 Å². The lowest BCUT2D eigenvalue weighted by molar-refractivity contribution is 0.116. The van der Waals surface area contributed by atoms with Crippen LogP contribution in [0, 0.1) is 11.2 Å². The van der Waals surface area contributed by atoms with Crippen molar-refractivity contribution >= 4 is 0 Å². The van der Waals surface area contributed by atoms with E-state index in [1.165, 1.54) is 12.1 Å². The molecule has 96 valence electrons. The van der Waals surface area contributed by atoms with E-state index in [0.717, 1.165) is 25.1 Å². The van der Waals surface area contributed by atoms with Crippen LogP contribution in [0.15, 0.2) is 24.3 Å². The molecule has 0 aliphatic carbocycles. The van der Waals surface area contributed by atoms with Gasteiger partial charge in [0.1, 0.15) is 5.82 Å². The van der Waals surface area contributed by atoms with Gasteiger partial charge in [0.25, 0.3) is 0 Å². The van der Waals surface area contributed by atoms with E-state index in [1.807, 2.05) is 33.0 Å². The van der Waals surface area contributed by atoms with Crippen molar-refractivity contribution in [2.24, 2.45) is 5.41 Å². The molecule has 0 aliphatic heterocycles. The molecular weight excluding hydrogens is 217 g/mol. The molecule has 2 nitrogen and oxygen atoms in total. The molecule has 0 saturated heterocycles. The van der Waals surface area contributed by atoms with Crippen LogP contribution in [0.2, 0.25) is 0 Å². The Hall–Kier alpha value is -0.930. The van der Waals surface area contributed by atoms with Crippen molar-refractivity contribution in [1.82, 2.24) is 4.90 Å². The average Bonchev–Trinajstić information content (AvgIpc) is 2.28. The first-order valence-corrected chi connectivity index (χ1v) is 5.97. The van der Waals surface area contributed by atoms with Crippen molar-refractivity contribution in [3.8, 4) is 0 Å². The quantitative estimate of drug-likeness (QED) is 0.823. The molecule has 0 spiro atoms. The van der Waals surface area contributed by atoms with Gasteiger partial charge in [-0.15, -0.1) is 0 Å². The third-order valence-corrected chi connectivity index (χ3v) is 2.82. The molecule has 0 aromatic heterocycles. The minimum atomic E-state index is -0.191. The minimum absolute atomic E-state index is 0.0719. The summed E-state index contributed by atoms with van der Waals surface area (Å²) in [5.41, 5.74) is 1.07. The molecule has 0 atom stereocenters. The zero-order valence-electron chi connectivity index (χ0n) is 10.9. The maximum Gasteiger partial charge on any atom is 0.123 e. The van der Waals surface area contributed by atoms with Gasteiger partial charge in [-0.1, -0.05) is 26.0 Å². The molecule has 1 rings (SSSR count). The molecule has 0 amide bonds. The number of hydrogen-bond donors (Lipinski definition) is 1. The molecule has 0 saturated carbocycles. The van der Waals surface area contributed by atoms with Crippen LogP contribution >= 0.6 is 0 Å². The number of benzene rings is 1. The second-order valence-corrected chi connectivity index (χ2v) is 5.44. The molecule has 1 aromatic rings. The van der Waals surface area contributed by atoms with E-state index in [0.29, 0.717) is 0 Å². The van der Waals surface area contributed by atoms with Gasteiger partial charge in [-0.25, -0.2) is 4.39 Å². The summed E-state index contributed by atoms with van der Waals surface area (Å²) in [6, 6.07) is 6.63. The highest BCUT2D eigenvalue weighted by molar-refractivity contribution is 5.16. The number of rotatable bonds is 6. The average molecular weight is 239 g/mol. The Labute approximate surface area is 103 Å². The van der Waals surface area contributed by atoms with Crippen LogP contribution in [-0.2, 0) is 6.42 Å². The Kier molecular flexibility index (Phi) is 5.09. The first kappa shape index (κ1) is 14.1. The first-order valence-electron chi connectivity index (χ1n) is 5.97. The largest absolute Gasteiger partial charge is 0.396 e. The highest BCUT2D eigenvalue weighted by Crippen LogP contribution is 2.15. The van der Waals surface area contributed by atoms with E-state index in [-0.39, 0.29) is 17.8 Å². The van der Waals surface area contributed by atoms with Gasteiger partial charge in [-0.2, -0.15) is 0 Å². The summed E-state index contributed by atoms with van der Waals surface area (Å²) in [6.07, 6.45) is 0.901. The van der Waals surface area contributed by atoms with Crippen LogP contribution < -0.4 is 0 Å². The number of nitrogens with zero attached hydrogens (tertiary/aromatic N) is 1. The van der Waals surface area contributed by atoms with Crippen LogP contribution in [0.5, 0.6) is 0 Å². The van der Waals surface area contributed by atoms with E-state index in [4.69, 9.17) is 0 Å². The maximum absolute atomic E-state index is 12.7. The van der Waals surface area contributed by atoms with Crippen molar-refractivity contribution in [3.63, 3.8) is 0 Å². The predicted molar refractivity (Wildman–Crippen MR) is 68.5 cm³/mol. The Bertz CT molecular complexity index is 335. The Morgan fingerprint density at radius 1 is 1.24 bits per heavy atom. The third kappa shape index (κ3) is 5.29. The lowest BCUT2D eigenvalue weighted by atomic mass is 9.94. The van der Waals surface area contributed by atoms with Crippen LogP contribution in [0.4, 0.5) is 4.39 Å². The van der Waals surface area contributed by atoms with Gasteiger partial charge in [0.2, 0.25) is 0 Å². The zero-order valence-corrected chi connectivity index (χ0v) is 10.9. The molecule has 0 heterocycles. The van der Waals surface area contributed by atoms with E-state index in [2.05, 4.69) is 4.90 Å². The highest BCUT2D eigenvalue weighted by Gasteiger charge is 2.18. The molecule has 1 N–H and O–H groups in total. The van der Waals surface area contributed by atoms with Crippen molar-refractivity contribution in [3.05, 3.63) is 35.6 Å². The van der Waals surface area contributed by atoms with Gasteiger partial charge in [-0.3, -0.25) is 0 Å². The molecule has 17 heavy (non-hydrogen) atoms. The number of aliphatic hydroxyl groups excluding tert-OH is 1. The number of likely N-dealkylation sites (N-methyl/N-ethyl adjacent to an activating group) is 1. The monoisotopic (exact) mass is 239 g/mol. The van der Waals surface area contributed by atoms with Gasteiger partial charge >= 0.3 is 0 Å². The van der Waals surface area contributed by atoms with Gasteiger partial charge in [0.15, 0.2) is 0 Å². The second kappa shape index (κ2) is 6.12. The summed E-state index contributed by atoms with van der Waals surface area (Å²) in [7, 11) is 2.04. The van der Waals surface area contributed by atoms with Gasteiger partial charge in [0, 0.05) is 25.1 Å². The van der Waals surface area contributed by atoms with Crippen molar-refractivity contribution in [2.75, 3.05) is 26.7 Å². The minimum Gasteiger partial charge on any atom is -0.396 e. The van der Waals surface area contributed by atoms with Crippen molar-refractivity contribution in [2.45, 2.75) is 20.3 Å². The Morgan fingerprint density at radius 2 is 1.82 bits per heavy atom. The standard InChI is InChI=1S/C14H22FNO/c1-14(2,11-17)10-16(3)9-8-12-4-6-13(15)7-5-12/h4-7,17H,8-11H2,1-3H3. The fourth-order valence-electron chi connectivity index (χ4n) is 1.83. The third-order valence-electron chi connectivity index (χ3n) is 2.82. The Morgan fingerprint density at radius 3 is 2.35 bits per heavy atom. The van der Waals surface area contributed by atoms with Crippen molar-refractivity contribution < 1.29 is 9.50 Å². The first-order chi connectivity index (χ1) is 7.93. The lowest BCUT2D eigenvalue weighted by Gasteiger charge is -2.28. The molecule has 1 aromatic carbocycles. The molecule has 0 aliphatic rings. The van der Waals surface area contributed by atoms with E-state index in [9.17, 15) is 9.50 Å². The predicted octanol–water partition coefficient (Wildman–Crippen LogP) is 2.32. The van der Waals surface area contributed by atoms with Gasteiger partial charge in [-0.05, 0) is 31.2 Å². The highest BCUT2D eigenvalue weighted by atomic mass is 19.1. The van der Waals surface area contributed by atoms with Crippen LogP contribution in [0.25, 0.3) is 0 Å². The molecule has 0 fully saturated rings. The summed E-state index contributed by atoms with van der Waals surface area (Å²) in [5, 5.41) is 9.19. The smallest absolute Gasteiger partial charge is 0.123 e. The molecule has 0 bridgehead atoms. The van der Waals surface area contributed by atoms with Crippen LogP contribution in [0.1, 0.15) is 19.4 Å². The van der Waals surface area contributed by atoms with Gasteiger partial charge < -0.3 is 10.0 Å². The van der Waals surface area contributed by atoms with Crippen molar-refractivity contribution in [1.29, 1.82) is 0 Å². The molecule has 3 heteroatoms. The Balaban J connectivity index is 2.38. The summed E-state index contributed by atoms with van der Waals surface area (Å²) >= 11 is 0.